The summed E-state index contributed by atoms with van der Waals surface area (Å²) in [5.41, 5.74) is 1.05. The summed E-state index contributed by atoms with van der Waals surface area (Å²) in [5, 5.41) is 8.27. The zero-order valence-corrected chi connectivity index (χ0v) is 12.7. The fraction of sp³-hybridized carbons (Fsp3) is 0.429. The summed E-state index contributed by atoms with van der Waals surface area (Å²) in [5.74, 6) is 0. The molecule has 0 atom stereocenters. The Morgan fingerprint density at radius 3 is 2.19 bits per heavy atom. The number of sulfonamides is 1. The highest BCUT2D eigenvalue weighted by molar-refractivity contribution is 7.89. The van der Waals surface area contributed by atoms with Gasteiger partial charge in [0.15, 0.2) is 0 Å². The molecule has 0 radical (unpaired) electrons. The Morgan fingerprint density at radius 1 is 1.05 bits per heavy atom. The predicted octanol–water partition coefficient (Wildman–Crippen LogP) is 1.61. The van der Waals surface area contributed by atoms with Gasteiger partial charge in [-0.15, -0.1) is 0 Å². The first-order valence-corrected chi connectivity index (χ1v) is 8.44. The lowest BCUT2D eigenvalue weighted by Gasteiger charge is -2.30. The van der Waals surface area contributed by atoms with E-state index >= 15 is 0 Å². The van der Waals surface area contributed by atoms with Crippen molar-refractivity contribution in [2.24, 2.45) is 0 Å². The van der Waals surface area contributed by atoms with Gasteiger partial charge in [-0.2, -0.15) is 19.3 Å². The van der Waals surface area contributed by atoms with E-state index in [0.717, 1.165) is 18.4 Å². The van der Waals surface area contributed by atoms with E-state index in [0.29, 0.717) is 18.0 Å². The summed E-state index contributed by atoms with van der Waals surface area (Å²) in [6.07, 6.45) is 4.77. The second-order valence-electron chi connectivity index (χ2n) is 5.30. The Morgan fingerprint density at radius 2 is 1.62 bits per heavy atom. The largest absolute Gasteiger partial charge is 0.243 e. The Hall–Kier alpha value is -1.73. The van der Waals surface area contributed by atoms with Crippen molar-refractivity contribution in [2.45, 2.75) is 30.7 Å². The molecule has 112 valence electrons. The van der Waals surface area contributed by atoms with Crippen LogP contribution < -0.4 is 0 Å². The summed E-state index contributed by atoms with van der Waals surface area (Å²) in [6, 6.07) is 7.18. The number of aromatic nitrogens is 3. The van der Waals surface area contributed by atoms with Crippen molar-refractivity contribution >= 4 is 10.0 Å². The van der Waals surface area contributed by atoms with Crippen molar-refractivity contribution in [3.8, 4) is 0 Å². The molecule has 1 saturated heterocycles. The van der Waals surface area contributed by atoms with E-state index in [1.165, 1.54) is 0 Å². The highest BCUT2D eigenvalue weighted by Gasteiger charge is 2.30. The summed E-state index contributed by atoms with van der Waals surface area (Å²) >= 11 is 0. The lowest BCUT2D eigenvalue weighted by atomic mass is 10.1. The quantitative estimate of drug-likeness (QED) is 0.864. The van der Waals surface area contributed by atoms with E-state index < -0.39 is 10.0 Å². The SMILES string of the molecule is Cc1ccc(S(=O)(=O)N2CCC(n3nccn3)CC2)cc1. The van der Waals surface area contributed by atoms with E-state index in [1.54, 1.807) is 33.6 Å². The molecule has 1 aromatic carbocycles. The van der Waals surface area contributed by atoms with Crippen LogP contribution in [0.4, 0.5) is 0 Å². The van der Waals surface area contributed by atoms with Gasteiger partial charge in [0.25, 0.3) is 0 Å². The summed E-state index contributed by atoms with van der Waals surface area (Å²) in [4.78, 5) is 2.04. The third-order valence-corrected chi connectivity index (χ3v) is 5.76. The Labute approximate surface area is 124 Å². The first-order chi connectivity index (χ1) is 10.1. The maximum Gasteiger partial charge on any atom is 0.243 e. The summed E-state index contributed by atoms with van der Waals surface area (Å²) in [7, 11) is -3.39. The van der Waals surface area contributed by atoms with Crippen molar-refractivity contribution in [1.29, 1.82) is 0 Å². The normalized spacial score (nSPS) is 18.0. The van der Waals surface area contributed by atoms with Gasteiger partial charge in [0.2, 0.25) is 10.0 Å². The minimum atomic E-state index is -3.39. The van der Waals surface area contributed by atoms with Crippen molar-refractivity contribution in [1.82, 2.24) is 19.3 Å². The zero-order chi connectivity index (χ0) is 14.9. The van der Waals surface area contributed by atoms with E-state index in [1.807, 2.05) is 19.1 Å². The predicted molar refractivity (Wildman–Crippen MR) is 78.2 cm³/mol. The highest BCUT2D eigenvalue weighted by atomic mass is 32.2. The Bertz CT molecular complexity index is 687. The van der Waals surface area contributed by atoms with E-state index in [-0.39, 0.29) is 6.04 Å². The highest BCUT2D eigenvalue weighted by Crippen LogP contribution is 2.25. The van der Waals surface area contributed by atoms with Gasteiger partial charge >= 0.3 is 0 Å². The number of hydrogen-bond donors (Lipinski definition) is 0. The molecular weight excluding hydrogens is 288 g/mol. The standard InChI is InChI=1S/C14H18N4O2S/c1-12-2-4-14(5-3-12)21(19,20)17-10-6-13(7-11-17)18-15-8-9-16-18/h2-5,8-9,13H,6-7,10-11H2,1H3. The molecule has 0 unspecified atom stereocenters. The van der Waals surface area contributed by atoms with Gasteiger partial charge in [-0.1, -0.05) is 17.7 Å². The molecule has 1 aliphatic rings. The third-order valence-electron chi connectivity index (χ3n) is 3.85. The summed E-state index contributed by atoms with van der Waals surface area (Å²) < 4.78 is 26.7. The van der Waals surface area contributed by atoms with Crippen molar-refractivity contribution < 1.29 is 8.42 Å². The number of aryl methyl sites for hydroxylation is 1. The number of rotatable bonds is 3. The average Bonchev–Trinajstić information content (AvgIpc) is 3.02. The first kappa shape index (κ1) is 14.2. The van der Waals surface area contributed by atoms with Crippen LogP contribution in [0.25, 0.3) is 0 Å². The molecule has 2 aromatic rings. The molecule has 1 aromatic heterocycles. The van der Waals surface area contributed by atoms with Gasteiger partial charge in [-0.25, -0.2) is 8.42 Å². The number of hydrogen-bond acceptors (Lipinski definition) is 4. The number of benzene rings is 1. The molecular formula is C14H18N4O2S. The lowest BCUT2D eigenvalue weighted by Crippen LogP contribution is -2.39. The molecule has 0 bridgehead atoms. The van der Waals surface area contributed by atoms with Gasteiger partial charge in [0.1, 0.15) is 0 Å². The van der Waals surface area contributed by atoms with Crippen molar-refractivity contribution in [2.75, 3.05) is 13.1 Å². The fourth-order valence-electron chi connectivity index (χ4n) is 2.59. The molecule has 6 nitrogen and oxygen atoms in total. The molecule has 21 heavy (non-hydrogen) atoms. The Kier molecular flexibility index (Phi) is 3.77. The van der Waals surface area contributed by atoms with Crippen LogP contribution in [-0.4, -0.2) is 40.8 Å². The molecule has 1 fully saturated rings. The van der Waals surface area contributed by atoms with Crippen LogP contribution in [0.5, 0.6) is 0 Å². The Balaban J connectivity index is 1.72. The van der Waals surface area contributed by atoms with Crippen LogP contribution in [0.3, 0.4) is 0 Å². The van der Waals surface area contributed by atoms with Crippen LogP contribution in [-0.2, 0) is 10.0 Å². The van der Waals surface area contributed by atoms with Gasteiger partial charge in [0, 0.05) is 13.1 Å². The molecule has 0 amide bonds. The van der Waals surface area contributed by atoms with Crippen LogP contribution in [0.2, 0.25) is 0 Å². The van der Waals surface area contributed by atoms with Crippen LogP contribution in [0, 0.1) is 6.92 Å². The first-order valence-electron chi connectivity index (χ1n) is 7.00. The van der Waals surface area contributed by atoms with Gasteiger partial charge < -0.3 is 0 Å². The van der Waals surface area contributed by atoms with Gasteiger partial charge in [-0.05, 0) is 31.9 Å². The van der Waals surface area contributed by atoms with Gasteiger partial charge in [-0.3, -0.25) is 0 Å². The molecule has 0 N–H and O–H groups in total. The van der Waals surface area contributed by atoms with Crippen LogP contribution in [0.1, 0.15) is 24.4 Å². The molecule has 3 rings (SSSR count). The molecule has 2 heterocycles. The lowest BCUT2D eigenvalue weighted by molar-refractivity contribution is 0.245. The van der Waals surface area contributed by atoms with Crippen molar-refractivity contribution in [3.05, 3.63) is 42.2 Å². The van der Waals surface area contributed by atoms with Crippen molar-refractivity contribution in [3.63, 3.8) is 0 Å². The van der Waals surface area contributed by atoms with E-state index in [9.17, 15) is 8.42 Å². The monoisotopic (exact) mass is 306 g/mol. The maximum absolute atomic E-state index is 12.6. The molecule has 1 aliphatic heterocycles. The molecule has 0 saturated carbocycles. The van der Waals surface area contributed by atoms with E-state index in [2.05, 4.69) is 10.2 Å². The minimum Gasteiger partial charge on any atom is -0.207 e. The molecule has 0 spiro atoms. The fourth-order valence-corrected chi connectivity index (χ4v) is 4.06. The van der Waals surface area contributed by atoms with E-state index in [4.69, 9.17) is 0 Å². The van der Waals surface area contributed by atoms with Crippen LogP contribution >= 0.6 is 0 Å². The molecule has 0 aliphatic carbocycles. The smallest absolute Gasteiger partial charge is 0.207 e. The zero-order valence-electron chi connectivity index (χ0n) is 11.9. The topological polar surface area (TPSA) is 68.1 Å². The number of nitrogens with zero attached hydrogens (tertiary/aromatic N) is 4. The molecule has 7 heteroatoms. The average molecular weight is 306 g/mol. The summed E-state index contributed by atoms with van der Waals surface area (Å²) in [6.45, 7) is 2.95. The second kappa shape index (κ2) is 5.57. The minimum absolute atomic E-state index is 0.185. The number of piperidine rings is 1. The van der Waals surface area contributed by atoms with Gasteiger partial charge in [0.05, 0.1) is 23.3 Å². The maximum atomic E-state index is 12.6. The third kappa shape index (κ3) is 2.84. The second-order valence-corrected chi connectivity index (χ2v) is 7.24. The van der Waals surface area contributed by atoms with Crippen LogP contribution in [0.15, 0.2) is 41.6 Å².